The van der Waals surface area contributed by atoms with Crippen LogP contribution in [-0.2, 0) is 4.79 Å². The minimum Gasteiger partial charge on any atom is -0.466 e. The van der Waals surface area contributed by atoms with Crippen LogP contribution in [0.1, 0.15) is 34.5 Å². The van der Waals surface area contributed by atoms with Gasteiger partial charge < -0.3 is 19.2 Å². The summed E-state index contributed by atoms with van der Waals surface area (Å²) in [5.74, 6) is 0.847. The summed E-state index contributed by atoms with van der Waals surface area (Å²) < 4.78 is 10.9. The van der Waals surface area contributed by atoms with E-state index in [4.69, 9.17) is 8.94 Å². The van der Waals surface area contributed by atoms with Crippen molar-refractivity contribution in [3.05, 3.63) is 34.9 Å². The maximum atomic E-state index is 12.9. The van der Waals surface area contributed by atoms with Gasteiger partial charge in [-0.2, -0.15) is 0 Å². The standard InChI is InChI=1S/C19H22N4O4/c1-9-7-13(12(4)26-9)15-8-14(16-10(2)22-27-18(16)21-15)17(24)20-11(3)19(25)23(5)6/h7-8,11H,1-6H3,(H,20,24)/t11-/m0/s1. The molecule has 0 aliphatic heterocycles. The molecule has 0 saturated carbocycles. The van der Waals surface area contributed by atoms with Crippen molar-refractivity contribution in [1.29, 1.82) is 0 Å². The minimum atomic E-state index is -0.669. The van der Waals surface area contributed by atoms with E-state index >= 15 is 0 Å². The number of aryl methyl sites for hydroxylation is 3. The first-order chi connectivity index (χ1) is 12.7. The maximum Gasteiger partial charge on any atom is 0.259 e. The number of hydrogen-bond donors (Lipinski definition) is 1. The normalized spacial score (nSPS) is 12.2. The van der Waals surface area contributed by atoms with E-state index in [-0.39, 0.29) is 11.6 Å². The van der Waals surface area contributed by atoms with Crippen molar-refractivity contribution in [2.45, 2.75) is 33.7 Å². The second kappa shape index (κ2) is 6.86. The Labute approximate surface area is 156 Å². The number of nitrogens with one attached hydrogen (secondary N) is 1. The molecular formula is C19H22N4O4. The van der Waals surface area contributed by atoms with Crippen LogP contribution in [0, 0.1) is 20.8 Å². The first-order valence-corrected chi connectivity index (χ1v) is 8.55. The number of furan rings is 1. The van der Waals surface area contributed by atoms with E-state index in [1.165, 1.54) is 4.90 Å². The highest BCUT2D eigenvalue weighted by Crippen LogP contribution is 2.30. The Morgan fingerprint density at radius 3 is 2.48 bits per heavy atom. The number of nitrogens with zero attached hydrogens (tertiary/aromatic N) is 3. The van der Waals surface area contributed by atoms with E-state index in [1.54, 1.807) is 34.0 Å². The van der Waals surface area contributed by atoms with Crippen LogP contribution in [0.2, 0.25) is 0 Å². The molecule has 142 valence electrons. The second-order valence-electron chi connectivity index (χ2n) is 6.76. The molecule has 3 rings (SSSR count). The summed E-state index contributed by atoms with van der Waals surface area (Å²) in [6, 6.07) is 2.86. The molecule has 0 aliphatic rings. The van der Waals surface area contributed by atoms with Gasteiger partial charge in [-0.15, -0.1) is 0 Å². The van der Waals surface area contributed by atoms with E-state index < -0.39 is 11.9 Å². The molecule has 27 heavy (non-hydrogen) atoms. The average molecular weight is 370 g/mol. The Bertz CT molecular complexity index is 1030. The number of rotatable bonds is 4. The van der Waals surface area contributed by atoms with Crippen molar-refractivity contribution in [3.8, 4) is 11.3 Å². The molecule has 0 unspecified atom stereocenters. The van der Waals surface area contributed by atoms with Crippen LogP contribution in [0.25, 0.3) is 22.4 Å². The number of fused-ring (bicyclic) bond motifs is 1. The first-order valence-electron chi connectivity index (χ1n) is 8.55. The molecule has 8 heteroatoms. The van der Waals surface area contributed by atoms with Gasteiger partial charge in [0.1, 0.15) is 17.6 Å². The number of pyridine rings is 1. The minimum absolute atomic E-state index is 0.197. The van der Waals surface area contributed by atoms with Crippen molar-refractivity contribution in [1.82, 2.24) is 20.4 Å². The van der Waals surface area contributed by atoms with Gasteiger partial charge in [-0.05, 0) is 39.8 Å². The average Bonchev–Trinajstić information content (AvgIpc) is 3.15. The summed E-state index contributed by atoms with van der Waals surface area (Å²) in [5, 5.41) is 7.19. The number of aromatic nitrogens is 2. The van der Waals surface area contributed by atoms with Gasteiger partial charge in [0.2, 0.25) is 5.91 Å². The van der Waals surface area contributed by atoms with Crippen LogP contribution in [-0.4, -0.2) is 47.0 Å². The molecule has 0 spiro atoms. The van der Waals surface area contributed by atoms with Gasteiger partial charge in [-0.25, -0.2) is 4.98 Å². The van der Waals surface area contributed by atoms with E-state index in [0.717, 1.165) is 11.3 Å². The van der Waals surface area contributed by atoms with Crippen molar-refractivity contribution in [3.63, 3.8) is 0 Å². The molecule has 2 amide bonds. The highest BCUT2D eigenvalue weighted by Gasteiger charge is 2.24. The molecule has 0 fully saturated rings. The van der Waals surface area contributed by atoms with Gasteiger partial charge >= 0.3 is 0 Å². The number of likely N-dealkylation sites (N-methyl/N-ethyl adjacent to an activating group) is 1. The molecule has 1 atom stereocenters. The summed E-state index contributed by atoms with van der Waals surface area (Å²) in [6.45, 7) is 7.06. The molecule has 3 aromatic heterocycles. The van der Waals surface area contributed by atoms with Gasteiger partial charge in [-0.3, -0.25) is 9.59 Å². The molecule has 8 nitrogen and oxygen atoms in total. The Hall–Kier alpha value is -3.16. The predicted molar refractivity (Wildman–Crippen MR) is 99.3 cm³/mol. The fourth-order valence-electron chi connectivity index (χ4n) is 3.02. The molecule has 3 aromatic rings. The highest BCUT2D eigenvalue weighted by atomic mass is 16.5. The van der Waals surface area contributed by atoms with Crippen LogP contribution in [0.15, 0.2) is 21.1 Å². The van der Waals surface area contributed by atoms with E-state index in [1.807, 2.05) is 19.9 Å². The third-order valence-electron chi connectivity index (χ3n) is 4.34. The van der Waals surface area contributed by atoms with Crippen LogP contribution >= 0.6 is 0 Å². The third kappa shape index (κ3) is 3.42. The molecule has 3 heterocycles. The summed E-state index contributed by atoms with van der Waals surface area (Å²) in [4.78, 5) is 30.9. The molecule has 0 radical (unpaired) electrons. The summed E-state index contributed by atoms with van der Waals surface area (Å²) in [7, 11) is 3.28. The number of carbonyl (C=O) groups is 2. The summed E-state index contributed by atoms with van der Waals surface area (Å²) >= 11 is 0. The lowest BCUT2D eigenvalue weighted by Gasteiger charge is -2.18. The van der Waals surface area contributed by atoms with E-state index in [0.29, 0.717) is 28.1 Å². The zero-order valence-electron chi connectivity index (χ0n) is 16.2. The molecule has 0 aliphatic carbocycles. The van der Waals surface area contributed by atoms with Crippen molar-refractivity contribution < 1.29 is 18.5 Å². The second-order valence-corrected chi connectivity index (χ2v) is 6.76. The van der Waals surface area contributed by atoms with Crippen molar-refractivity contribution >= 4 is 22.9 Å². The Kier molecular flexibility index (Phi) is 4.73. The zero-order chi connectivity index (χ0) is 19.9. The van der Waals surface area contributed by atoms with Gasteiger partial charge in [0, 0.05) is 19.7 Å². The van der Waals surface area contributed by atoms with Gasteiger partial charge in [0.25, 0.3) is 11.6 Å². The fraction of sp³-hybridized carbons (Fsp3) is 0.368. The third-order valence-corrected chi connectivity index (χ3v) is 4.34. The maximum absolute atomic E-state index is 12.9. The van der Waals surface area contributed by atoms with Crippen molar-refractivity contribution in [2.75, 3.05) is 14.1 Å². The van der Waals surface area contributed by atoms with Crippen LogP contribution in [0.5, 0.6) is 0 Å². The Balaban J connectivity index is 2.08. The largest absolute Gasteiger partial charge is 0.466 e. The van der Waals surface area contributed by atoms with Crippen molar-refractivity contribution in [2.24, 2.45) is 0 Å². The van der Waals surface area contributed by atoms with E-state index in [2.05, 4.69) is 15.5 Å². The van der Waals surface area contributed by atoms with Crippen LogP contribution < -0.4 is 5.32 Å². The Morgan fingerprint density at radius 2 is 1.89 bits per heavy atom. The van der Waals surface area contributed by atoms with E-state index in [9.17, 15) is 9.59 Å². The lowest BCUT2D eigenvalue weighted by atomic mass is 10.0. The lowest BCUT2D eigenvalue weighted by Crippen LogP contribution is -2.44. The lowest BCUT2D eigenvalue weighted by molar-refractivity contribution is -0.130. The smallest absolute Gasteiger partial charge is 0.259 e. The predicted octanol–water partition coefficient (Wildman–Crippen LogP) is 2.61. The number of amides is 2. The van der Waals surface area contributed by atoms with Gasteiger partial charge in [0.05, 0.1) is 22.3 Å². The Morgan fingerprint density at radius 1 is 1.19 bits per heavy atom. The number of carbonyl (C=O) groups excluding carboxylic acids is 2. The molecule has 0 saturated heterocycles. The van der Waals surface area contributed by atoms with Gasteiger partial charge in [0.15, 0.2) is 0 Å². The van der Waals surface area contributed by atoms with Crippen LogP contribution in [0.3, 0.4) is 0 Å². The fourth-order valence-corrected chi connectivity index (χ4v) is 3.02. The highest BCUT2D eigenvalue weighted by molar-refractivity contribution is 6.08. The molecule has 0 aromatic carbocycles. The first kappa shape index (κ1) is 18.6. The van der Waals surface area contributed by atoms with Crippen LogP contribution in [0.4, 0.5) is 0 Å². The monoisotopic (exact) mass is 370 g/mol. The summed E-state index contributed by atoms with van der Waals surface area (Å²) in [6.07, 6.45) is 0. The SMILES string of the molecule is Cc1cc(-c2cc(C(=O)N[C@@H](C)C(=O)N(C)C)c3c(C)noc3n2)c(C)o1. The molecule has 1 N–H and O–H groups in total. The topological polar surface area (TPSA) is 101 Å². The molecular weight excluding hydrogens is 348 g/mol. The zero-order valence-corrected chi connectivity index (χ0v) is 16.2. The quantitative estimate of drug-likeness (QED) is 0.757. The summed E-state index contributed by atoms with van der Waals surface area (Å²) in [5.41, 5.74) is 2.49. The molecule has 0 bridgehead atoms. The van der Waals surface area contributed by atoms with Gasteiger partial charge in [-0.1, -0.05) is 5.16 Å². The number of hydrogen-bond acceptors (Lipinski definition) is 6.